The molecule has 1 saturated heterocycles. The average Bonchev–Trinajstić information content (AvgIpc) is 3.07. The zero-order valence-electron chi connectivity index (χ0n) is 14.3. The zero-order valence-corrected chi connectivity index (χ0v) is 15.1. The van der Waals surface area contributed by atoms with Crippen molar-refractivity contribution < 1.29 is 4.79 Å². The van der Waals surface area contributed by atoms with Crippen LogP contribution in [0.4, 0.5) is 0 Å². The minimum absolute atomic E-state index is 0.140. The Kier molecular flexibility index (Phi) is 4.49. The highest BCUT2D eigenvalue weighted by molar-refractivity contribution is 7.11. The van der Waals surface area contributed by atoms with E-state index in [1.165, 1.54) is 22.3 Å². The van der Waals surface area contributed by atoms with Gasteiger partial charge in [-0.25, -0.2) is 4.98 Å². The van der Waals surface area contributed by atoms with Crippen LogP contribution in [0.25, 0.3) is 10.9 Å². The van der Waals surface area contributed by atoms with Gasteiger partial charge in [0.15, 0.2) is 0 Å². The summed E-state index contributed by atoms with van der Waals surface area (Å²) in [6, 6.07) is 10.4. The standard InChI is InChI=1S/C20H21N3OS/c1-14-19(25-13-22-14)20(24)23-8-4-5-15(12-23)9-16-10-17-6-2-3-7-18(17)21-11-16/h2-3,6-7,10-11,13,15H,4-5,8-9,12H2,1H3/t15-/m1/s1. The molecule has 5 heteroatoms. The molecule has 0 bridgehead atoms. The molecule has 3 heterocycles. The van der Waals surface area contributed by atoms with Crippen molar-refractivity contribution in [2.24, 2.45) is 5.92 Å². The molecule has 0 N–H and O–H groups in total. The molecule has 0 saturated carbocycles. The number of piperidine rings is 1. The topological polar surface area (TPSA) is 46.1 Å². The van der Waals surface area contributed by atoms with Crippen molar-refractivity contribution in [1.82, 2.24) is 14.9 Å². The summed E-state index contributed by atoms with van der Waals surface area (Å²) in [6.07, 6.45) is 5.19. The maximum atomic E-state index is 12.7. The number of nitrogens with zero attached hydrogens (tertiary/aromatic N) is 3. The number of benzene rings is 1. The van der Waals surface area contributed by atoms with Crippen molar-refractivity contribution in [3.05, 3.63) is 58.2 Å². The molecule has 1 fully saturated rings. The van der Waals surface area contributed by atoms with Gasteiger partial charge in [0.1, 0.15) is 4.88 Å². The number of likely N-dealkylation sites (tertiary alicyclic amines) is 1. The van der Waals surface area contributed by atoms with Crippen LogP contribution >= 0.6 is 11.3 Å². The van der Waals surface area contributed by atoms with Gasteiger partial charge in [-0.2, -0.15) is 0 Å². The van der Waals surface area contributed by atoms with Gasteiger partial charge in [0.05, 0.1) is 16.7 Å². The molecular weight excluding hydrogens is 330 g/mol. The van der Waals surface area contributed by atoms with E-state index in [9.17, 15) is 4.79 Å². The monoisotopic (exact) mass is 351 g/mol. The SMILES string of the molecule is Cc1ncsc1C(=O)N1CCC[C@H](Cc2cnc3ccccc3c2)C1. The summed E-state index contributed by atoms with van der Waals surface area (Å²) in [4.78, 5) is 24.3. The molecule has 1 aliphatic rings. The molecule has 4 nitrogen and oxygen atoms in total. The zero-order chi connectivity index (χ0) is 17.2. The second kappa shape index (κ2) is 6.92. The minimum Gasteiger partial charge on any atom is -0.338 e. The molecule has 0 unspecified atom stereocenters. The van der Waals surface area contributed by atoms with E-state index < -0.39 is 0 Å². The highest BCUT2D eigenvalue weighted by atomic mass is 32.1. The highest BCUT2D eigenvalue weighted by Gasteiger charge is 2.26. The van der Waals surface area contributed by atoms with Crippen molar-refractivity contribution in [2.45, 2.75) is 26.2 Å². The first kappa shape index (κ1) is 16.2. The predicted molar refractivity (Wildman–Crippen MR) is 101 cm³/mol. The lowest BCUT2D eigenvalue weighted by Gasteiger charge is -2.32. The van der Waals surface area contributed by atoms with Crippen LogP contribution in [0.3, 0.4) is 0 Å². The summed E-state index contributed by atoms with van der Waals surface area (Å²) in [5.74, 6) is 0.634. The lowest BCUT2D eigenvalue weighted by atomic mass is 9.91. The van der Waals surface area contributed by atoms with Gasteiger partial charge in [0.2, 0.25) is 0 Å². The third-order valence-electron chi connectivity index (χ3n) is 4.92. The van der Waals surface area contributed by atoms with Gasteiger partial charge in [-0.05, 0) is 49.8 Å². The Bertz CT molecular complexity index is 905. The van der Waals surface area contributed by atoms with E-state index in [4.69, 9.17) is 0 Å². The number of thiazole rings is 1. The van der Waals surface area contributed by atoms with Crippen molar-refractivity contribution in [1.29, 1.82) is 0 Å². The molecule has 4 rings (SSSR count). The van der Waals surface area contributed by atoms with Crippen molar-refractivity contribution >= 4 is 28.1 Å². The summed E-state index contributed by atoms with van der Waals surface area (Å²) in [5.41, 5.74) is 4.89. The third-order valence-corrected chi connectivity index (χ3v) is 5.83. The summed E-state index contributed by atoms with van der Waals surface area (Å²) in [5, 5.41) is 1.18. The number of para-hydroxylation sites is 1. The molecule has 1 atom stereocenters. The van der Waals surface area contributed by atoms with Gasteiger partial charge in [-0.3, -0.25) is 9.78 Å². The lowest BCUT2D eigenvalue weighted by Crippen LogP contribution is -2.40. The molecule has 1 amide bonds. The van der Waals surface area contributed by atoms with Gasteiger partial charge < -0.3 is 4.90 Å². The van der Waals surface area contributed by atoms with Crippen molar-refractivity contribution in [3.8, 4) is 0 Å². The molecule has 1 aromatic carbocycles. The molecule has 3 aromatic rings. The normalized spacial score (nSPS) is 17.8. The number of fused-ring (bicyclic) bond motifs is 1. The summed E-state index contributed by atoms with van der Waals surface area (Å²) in [7, 11) is 0. The Hall–Kier alpha value is -2.27. The number of aryl methyl sites for hydroxylation is 1. The van der Waals surface area contributed by atoms with Gasteiger partial charge in [-0.1, -0.05) is 18.2 Å². The number of hydrogen-bond donors (Lipinski definition) is 0. The third kappa shape index (κ3) is 3.42. The van der Waals surface area contributed by atoms with Gasteiger partial charge in [-0.15, -0.1) is 11.3 Å². The fourth-order valence-corrected chi connectivity index (χ4v) is 4.40. The van der Waals surface area contributed by atoms with Gasteiger partial charge >= 0.3 is 0 Å². The van der Waals surface area contributed by atoms with Crippen LogP contribution in [0.15, 0.2) is 42.0 Å². The molecule has 25 heavy (non-hydrogen) atoms. The van der Waals surface area contributed by atoms with Crippen LogP contribution in [0, 0.1) is 12.8 Å². The van der Waals surface area contributed by atoms with E-state index in [-0.39, 0.29) is 5.91 Å². The van der Waals surface area contributed by atoms with Crippen LogP contribution in [0.5, 0.6) is 0 Å². The molecule has 128 valence electrons. The van der Waals surface area contributed by atoms with E-state index in [1.54, 1.807) is 5.51 Å². The molecule has 1 aliphatic heterocycles. The maximum absolute atomic E-state index is 12.7. The second-order valence-electron chi connectivity index (χ2n) is 6.77. The van der Waals surface area contributed by atoms with E-state index in [0.717, 1.165) is 48.4 Å². The Balaban J connectivity index is 1.47. The minimum atomic E-state index is 0.140. The smallest absolute Gasteiger partial charge is 0.265 e. The van der Waals surface area contributed by atoms with Gasteiger partial charge in [0, 0.05) is 24.7 Å². The molecule has 0 spiro atoms. The number of hydrogen-bond acceptors (Lipinski definition) is 4. The quantitative estimate of drug-likeness (QED) is 0.714. The maximum Gasteiger partial charge on any atom is 0.265 e. The van der Waals surface area contributed by atoms with Crippen LogP contribution in [-0.4, -0.2) is 33.9 Å². The number of aromatic nitrogens is 2. The Morgan fingerprint density at radius 2 is 2.20 bits per heavy atom. The molecule has 2 aromatic heterocycles. The summed E-state index contributed by atoms with van der Waals surface area (Å²) < 4.78 is 0. The average molecular weight is 351 g/mol. The second-order valence-corrected chi connectivity index (χ2v) is 7.62. The first-order valence-electron chi connectivity index (χ1n) is 8.74. The number of amides is 1. The first-order valence-corrected chi connectivity index (χ1v) is 9.61. The summed E-state index contributed by atoms with van der Waals surface area (Å²) in [6.45, 7) is 3.58. The van der Waals surface area contributed by atoms with Crippen LogP contribution in [-0.2, 0) is 6.42 Å². The van der Waals surface area contributed by atoms with Crippen LogP contribution < -0.4 is 0 Å². The predicted octanol–water partition coefficient (Wildman–Crippen LogP) is 4.09. The molecular formula is C20H21N3OS. The first-order chi connectivity index (χ1) is 12.2. The number of carbonyl (C=O) groups is 1. The van der Waals surface area contributed by atoms with E-state index in [2.05, 4.69) is 22.1 Å². The Morgan fingerprint density at radius 3 is 3.04 bits per heavy atom. The number of carbonyl (C=O) groups excluding carboxylic acids is 1. The summed E-state index contributed by atoms with van der Waals surface area (Å²) >= 11 is 1.45. The number of pyridine rings is 1. The number of rotatable bonds is 3. The van der Waals surface area contributed by atoms with Crippen molar-refractivity contribution in [2.75, 3.05) is 13.1 Å². The Labute approximate surface area is 151 Å². The van der Waals surface area contributed by atoms with E-state index in [1.807, 2.05) is 36.2 Å². The molecule has 0 radical (unpaired) electrons. The van der Waals surface area contributed by atoms with E-state index in [0.29, 0.717) is 5.92 Å². The van der Waals surface area contributed by atoms with Crippen molar-refractivity contribution in [3.63, 3.8) is 0 Å². The van der Waals surface area contributed by atoms with E-state index >= 15 is 0 Å². The highest BCUT2D eigenvalue weighted by Crippen LogP contribution is 2.25. The van der Waals surface area contributed by atoms with Gasteiger partial charge in [0.25, 0.3) is 5.91 Å². The Morgan fingerprint density at radius 1 is 1.32 bits per heavy atom. The largest absolute Gasteiger partial charge is 0.338 e. The molecule has 0 aliphatic carbocycles. The van der Waals surface area contributed by atoms with Crippen LogP contribution in [0.2, 0.25) is 0 Å². The van der Waals surface area contributed by atoms with Crippen LogP contribution in [0.1, 0.15) is 33.8 Å². The lowest BCUT2D eigenvalue weighted by molar-refractivity contribution is 0.0677. The fraction of sp³-hybridized carbons (Fsp3) is 0.350. The fourth-order valence-electron chi connectivity index (χ4n) is 3.63.